The van der Waals surface area contributed by atoms with E-state index in [0.29, 0.717) is 0 Å². The number of piperidine rings is 1. The predicted octanol–water partition coefficient (Wildman–Crippen LogP) is 1.35. The number of hydrogen-bond acceptors (Lipinski definition) is 3. The van der Waals surface area contributed by atoms with Crippen LogP contribution in [0.1, 0.15) is 45.4 Å². The molecular formula is C15H29N3O. The zero-order chi connectivity index (χ0) is 13.7. The fraction of sp³-hybridized carbons (Fsp3) is 0.933. The van der Waals surface area contributed by atoms with Crippen molar-refractivity contribution in [1.29, 1.82) is 0 Å². The van der Waals surface area contributed by atoms with Crippen LogP contribution >= 0.6 is 0 Å². The summed E-state index contributed by atoms with van der Waals surface area (Å²) in [6, 6.07) is 0.230. The summed E-state index contributed by atoms with van der Waals surface area (Å²) < 4.78 is 0. The minimum Gasteiger partial charge on any atom is -0.355 e. The summed E-state index contributed by atoms with van der Waals surface area (Å²) in [5, 5.41) is 3.10. The number of nitrogens with two attached hydrogens (primary N) is 1. The highest BCUT2D eigenvalue weighted by Gasteiger charge is 2.25. The standard InChI is InChI=1S/C15H29N3O/c1-12-5-8-18(9-6-12)10-7-17-15(19)13-3-2-4-14(16)11-13/h12-14H,2-11,16H2,1H3,(H,17,19). The molecule has 4 heteroatoms. The molecular weight excluding hydrogens is 238 g/mol. The third kappa shape index (κ3) is 4.77. The monoisotopic (exact) mass is 267 g/mol. The van der Waals surface area contributed by atoms with E-state index in [1.54, 1.807) is 0 Å². The number of amides is 1. The van der Waals surface area contributed by atoms with Crippen molar-refractivity contribution in [2.45, 2.75) is 51.5 Å². The van der Waals surface area contributed by atoms with E-state index in [9.17, 15) is 4.79 Å². The van der Waals surface area contributed by atoms with Crippen molar-refractivity contribution in [3.63, 3.8) is 0 Å². The van der Waals surface area contributed by atoms with Gasteiger partial charge in [0.1, 0.15) is 0 Å². The minimum absolute atomic E-state index is 0.158. The second-order valence-corrected chi connectivity index (χ2v) is 6.44. The number of carbonyl (C=O) groups excluding carboxylic acids is 1. The van der Waals surface area contributed by atoms with Gasteiger partial charge in [0, 0.05) is 25.0 Å². The fourth-order valence-corrected chi connectivity index (χ4v) is 3.23. The van der Waals surface area contributed by atoms with Gasteiger partial charge in [-0.2, -0.15) is 0 Å². The lowest BCUT2D eigenvalue weighted by Crippen LogP contribution is -2.42. The Morgan fingerprint density at radius 3 is 2.68 bits per heavy atom. The molecule has 1 aliphatic heterocycles. The molecule has 0 radical (unpaired) electrons. The second-order valence-electron chi connectivity index (χ2n) is 6.44. The quantitative estimate of drug-likeness (QED) is 0.808. The Kier molecular flexibility index (Phi) is 5.64. The molecule has 2 fully saturated rings. The maximum atomic E-state index is 12.1. The van der Waals surface area contributed by atoms with Crippen molar-refractivity contribution in [3.8, 4) is 0 Å². The lowest BCUT2D eigenvalue weighted by atomic mass is 9.85. The Balaban J connectivity index is 1.61. The van der Waals surface area contributed by atoms with Crippen molar-refractivity contribution in [2.24, 2.45) is 17.6 Å². The zero-order valence-corrected chi connectivity index (χ0v) is 12.2. The highest BCUT2D eigenvalue weighted by Crippen LogP contribution is 2.23. The van der Waals surface area contributed by atoms with Gasteiger partial charge >= 0.3 is 0 Å². The van der Waals surface area contributed by atoms with Gasteiger partial charge in [0.25, 0.3) is 0 Å². The van der Waals surface area contributed by atoms with Gasteiger partial charge < -0.3 is 16.0 Å². The Morgan fingerprint density at radius 1 is 1.26 bits per heavy atom. The van der Waals surface area contributed by atoms with Crippen molar-refractivity contribution in [3.05, 3.63) is 0 Å². The highest BCUT2D eigenvalue weighted by molar-refractivity contribution is 5.78. The molecule has 0 spiro atoms. The number of likely N-dealkylation sites (tertiary alicyclic amines) is 1. The lowest BCUT2D eigenvalue weighted by Gasteiger charge is -2.30. The van der Waals surface area contributed by atoms with E-state index in [4.69, 9.17) is 5.73 Å². The molecule has 2 unspecified atom stereocenters. The molecule has 19 heavy (non-hydrogen) atoms. The van der Waals surface area contributed by atoms with Crippen LogP contribution in [0.2, 0.25) is 0 Å². The SMILES string of the molecule is CC1CCN(CCNC(=O)C2CCCC(N)C2)CC1. The summed E-state index contributed by atoms with van der Waals surface area (Å²) in [7, 11) is 0. The van der Waals surface area contributed by atoms with Crippen LogP contribution in [-0.4, -0.2) is 43.0 Å². The molecule has 0 bridgehead atoms. The van der Waals surface area contributed by atoms with Gasteiger partial charge in [0.05, 0.1) is 0 Å². The Morgan fingerprint density at radius 2 is 2.00 bits per heavy atom. The molecule has 0 aromatic carbocycles. The first-order valence-corrected chi connectivity index (χ1v) is 7.91. The number of carbonyl (C=O) groups is 1. The molecule has 0 aromatic rings. The van der Waals surface area contributed by atoms with Crippen molar-refractivity contribution in [2.75, 3.05) is 26.2 Å². The summed E-state index contributed by atoms with van der Waals surface area (Å²) >= 11 is 0. The molecule has 1 amide bonds. The van der Waals surface area contributed by atoms with Crippen LogP contribution in [0.3, 0.4) is 0 Å². The van der Waals surface area contributed by atoms with Gasteiger partial charge in [-0.1, -0.05) is 13.3 Å². The van der Waals surface area contributed by atoms with Gasteiger partial charge in [0.15, 0.2) is 0 Å². The van der Waals surface area contributed by atoms with Crippen molar-refractivity contribution >= 4 is 5.91 Å². The second kappa shape index (κ2) is 7.25. The topological polar surface area (TPSA) is 58.4 Å². The van der Waals surface area contributed by atoms with Crippen LogP contribution in [0.5, 0.6) is 0 Å². The summed E-state index contributed by atoms with van der Waals surface area (Å²) in [6.45, 7) is 6.48. The van der Waals surface area contributed by atoms with Crippen molar-refractivity contribution < 1.29 is 4.79 Å². The van der Waals surface area contributed by atoms with Crippen LogP contribution in [-0.2, 0) is 4.79 Å². The Bertz CT molecular complexity index is 287. The average Bonchev–Trinajstić information content (AvgIpc) is 2.41. The zero-order valence-electron chi connectivity index (χ0n) is 12.2. The molecule has 2 rings (SSSR count). The molecule has 1 heterocycles. The minimum atomic E-state index is 0.158. The molecule has 110 valence electrons. The van der Waals surface area contributed by atoms with E-state index in [2.05, 4.69) is 17.1 Å². The van der Waals surface area contributed by atoms with Crippen molar-refractivity contribution in [1.82, 2.24) is 10.2 Å². The average molecular weight is 267 g/mol. The van der Waals surface area contributed by atoms with Crippen LogP contribution in [0.15, 0.2) is 0 Å². The first-order chi connectivity index (χ1) is 9.15. The predicted molar refractivity (Wildman–Crippen MR) is 77.8 cm³/mol. The third-order valence-corrected chi connectivity index (χ3v) is 4.69. The largest absolute Gasteiger partial charge is 0.355 e. The fourth-order valence-electron chi connectivity index (χ4n) is 3.23. The molecule has 0 aromatic heterocycles. The normalized spacial score (nSPS) is 30.2. The summed E-state index contributed by atoms with van der Waals surface area (Å²) in [6.07, 6.45) is 6.66. The van der Waals surface area contributed by atoms with Gasteiger partial charge in [0.2, 0.25) is 5.91 Å². The highest BCUT2D eigenvalue weighted by atomic mass is 16.1. The maximum Gasteiger partial charge on any atom is 0.223 e. The number of rotatable bonds is 4. The number of nitrogens with one attached hydrogen (secondary N) is 1. The first-order valence-electron chi connectivity index (χ1n) is 7.91. The van der Waals surface area contributed by atoms with Gasteiger partial charge in [-0.3, -0.25) is 4.79 Å². The number of hydrogen-bond donors (Lipinski definition) is 2. The molecule has 1 saturated carbocycles. The van der Waals surface area contributed by atoms with E-state index in [-0.39, 0.29) is 17.9 Å². The van der Waals surface area contributed by atoms with Crippen LogP contribution in [0, 0.1) is 11.8 Å². The van der Waals surface area contributed by atoms with Crippen LogP contribution in [0.4, 0.5) is 0 Å². The molecule has 2 aliphatic rings. The third-order valence-electron chi connectivity index (χ3n) is 4.69. The van der Waals surface area contributed by atoms with E-state index in [0.717, 1.165) is 44.7 Å². The van der Waals surface area contributed by atoms with E-state index in [1.807, 2.05) is 0 Å². The van der Waals surface area contributed by atoms with Crippen LogP contribution in [0.25, 0.3) is 0 Å². The summed E-state index contributed by atoms with van der Waals surface area (Å²) in [5.74, 6) is 1.25. The van der Waals surface area contributed by atoms with E-state index >= 15 is 0 Å². The smallest absolute Gasteiger partial charge is 0.223 e. The molecule has 4 nitrogen and oxygen atoms in total. The Labute approximate surface area is 117 Å². The van der Waals surface area contributed by atoms with E-state index < -0.39 is 0 Å². The van der Waals surface area contributed by atoms with Gasteiger partial charge in [-0.05, 0) is 51.1 Å². The molecule has 2 atom stereocenters. The molecule has 1 aliphatic carbocycles. The summed E-state index contributed by atoms with van der Waals surface area (Å²) in [4.78, 5) is 14.5. The van der Waals surface area contributed by atoms with Crippen LogP contribution < -0.4 is 11.1 Å². The molecule has 3 N–H and O–H groups in total. The van der Waals surface area contributed by atoms with Gasteiger partial charge in [-0.25, -0.2) is 0 Å². The maximum absolute atomic E-state index is 12.1. The lowest BCUT2D eigenvalue weighted by molar-refractivity contribution is -0.126. The van der Waals surface area contributed by atoms with Gasteiger partial charge in [-0.15, -0.1) is 0 Å². The number of nitrogens with zero attached hydrogens (tertiary/aromatic N) is 1. The van der Waals surface area contributed by atoms with E-state index in [1.165, 1.54) is 25.9 Å². The Hall–Kier alpha value is -0.610. The first kappa shape index (κ1) is 14.8. The molecule has 1 saturated heterocycles. The summed E-state index contributed by atoms with van der Waals surface area (Å²) in [5.41, 5.74) is 5.93.